The first kappa shape index (κ1) is 22.5. The van der Waals surface area contributed by atoms with Crippen LogP contribution in [0.4, 0.5) is 21.9 Å². The van der Waals surface area contributed by atoms with Crippen molar-refractivity contribution in [1.82, 2.24) is 10.2 Å². The lowest BCUT2D eigenvalue weighted by Crippen LogP contribution is -2.49. The van der Waals surface area contributed by atoms with E-state index >= 15 is 0 Å². The highest BCUT2D eigenvalue weighted by Crippen LogP contribution is 2.26. The number of nitrogens with zero attached hydrogens (tertiary/aromatic N) is 2. The van der Waals surface area contributed by atoms with Crippen LogP contribution in [0.2, 0.25) is 5.02 Å². The molecule has 1 aliphatic rings. The van der Waals surface area contributed by atoms with Gasteiger partial charge in [0.1, 0.15) is 0 Å². The lowest BCUT2D eigenvalue weighted by atomic mass is 10.0. The molecule has 0 aromatic heterocycles. The van der Waals surface area contributed by atoms with Gasteiger partial charge in [0.2, 0.25) is 5.91 Å². The summed E-state index contributed by atoms with van der Waals surface area (Å²) >= 11 is 6.05. The Morgan fingerprint density at radius 1 is 1.13 bits per heavy atom. The first-order valence-corrected chi connectivity index (χ1v) is 10.4. The third kappa shape index (κ3) is 6.66. The van der Waals surface area contributed by atoms with Crippen molar-refractivity contribution in [3.8, 4) is 0 Å². The van der Waals surface area contributed by atoms with Crippen LogP contribution in [0.1, 0.15) is 19.3 Å². The maximum Gasteiger partial charge on any atom is 0.319 e. The fraction of sp³-hybridized carbons (Fsp3) is 0.333. The summed E-state index contributed by atoms with van der Waals surface area (Å²) in [4.78, 5) is 37.0. The minimum atomic E-state index is -0.545. The molecule has 164 valence electrons. The Morgan fingerprint density at radius 2 is 1.90 bits per heavy atom. The van der Waals surface area contributed by atoms with Crippen molar-refractivity contribution >= 4 is 40.6 Å². The van der Waals surface area contributed by atoms with E-state index in [-0.39, 0.29) is 35.2 Å². The van der Waals surface area contributed by atoms with Crippen LogP contribution in [0, 0.1) is 10.1 Å². The number of halogens is 1. The summed E-state index contributed by atoms with van der Waals surface area (Å²) in [7, 11) is 0. The molecular formula is C21H24ClN5O4. The van der Waals surface area contributed by atoms with Crippen molar-refractivity contribution in [2.24, 2.45) is 0 Å². The summed E-state index contributed by atoms with van der Waals surface area (Å²) in [6, 6.07) is 12.8. The number of anilines is 2. The summed E-state index contributed by atoms with van der Waals surface area (Å²) < 4.78 is 0. The predicted octanol–water partition coefficient (Wildman–Crippen LogP) is 3.86. The number of benzene rings is 2. The number of para-hydroxylation sites is 1. The van der Waals surface area contributed by atoms with E-state index in [2.05, 4.69) is 16.0 Å². The minimum Gasteiger partial charge on any atom is -0.336 e. The van der Waals surface area contributed by atoms with E-state index in [4.69, 9.17) is 11.6 Å². The Hall–Kier alpha value is -3.17. The van der Waals surface area contributed by atoms with Gasteiger partial charge in [-0.2, -0.15) is 0 Å². The number of carbonyl (C=O) groups is 2. The molecule has 0 radical (unpaired) electrons. The van der Waals surface area contributed by atoms with Crippen molar-refractivity contribution in [2.75, 3.05) is 30.3 Å². The van der Waals surface area contributed by atoms with Crippen LogP contribution in [0.25, 0.3) is 0 Å². The molecule has 0 bridgehead atoms. The highest BCUT2D eigenvalue weighted by molar-refractivity contribution is 6.34. The molecule has 31 heavy (non-hydrogen) atoms. The maximum atomic E-state index is 12.5. The first-order chi connectivity index (χ1) is 14.9. The monoisotopic (exact) mass is 445 g/mol. The average molecular weight is 446 g/mol. The molecule has 1 unspecified atom stereocenters. The zero-order valence-corrected chi connectivity index (χ0v) is 17.6. The van der Waals surface area contributed by atoms with Crippen molar-refractivity contribution in [3.05, 3.63) is 63.7 Å². The van der Waals surface area contributed by atoms with E-state index in [0.717, 1.165) is 25.8 Å². The number of urea groups is 1. The Labute approximate surface area is 184 Å². The number of carbonyl (C=O) groups excluding carboxylic acids is 2. The number of nitrogens with one attached hydrogen (secondary N) is 3. The molecule has 2 aromatic rings. The van der Waals surface area contributed by atoms with Crippen LogP contribution in [0.15, 0.2) is 48.5 Å². The number of non-ortho nitro benzene ring substituents is 1. The molecule has 1 fully saturated rings. The lowest BCUT2D eigenvalue weighted by molar-refractivity contribution is -0.384. The Kier molecular flexibility index (Phi) is 7.80. The predicted molar refractivity (Wildman–Crippen MR) is 119 cm³/mol. The van der Waals surface area contributed by atoms with Gasteiger partial charge in [-0.15, -0.1) is 0 Å². The largest absolute Gasteiger partial charge is 0.336 e. The molecule has 0 spiro atoms. The topological polar surface area (TPSA) is 117 Å². The first-order valence-electron chi connectivity index (χ1n) is 10.00. The fourth-order valence-corrected chi connectivity index (χ4v) is 3.72. The van der Waals surface area contributed by atoms with E-state index in [1.807, 2.05) is 23.1 Å². The number of piperidine rings is 1. The number of amides is 3. The van der Waals surface area contributed by atoms with Gasteiger partial charge in [-0.3, -0.25) is 19.8 Å². The van der Waals surface area contributed by atoms with E-state index in [1.54, 1.807) is 12.1 Å². The van der Waals surface area contributed by atoms with Crippen LogP contribution < -0.4 is 16.0 Å². The summed E-state index contributed by atoms with van der Waals surface area (Å²) in [6.45, 7) is 1.30. The van der Waals surface area contributed by atoms with Crippen LogP contribution in [0.5, 0.6) is 0 Å². The van der Waals surface area contributed by atoms with Gasteiger partial charge in [0.15, 0.2) is 0 Å². The molecule has 0 saturated carbocycles. The zero-order valence-electron chi connectivity index (χ0n) is 16.8. The summed E-state index contributed by atoms with van der Waals surface area (Å²) in [5.74, 6) is -0.267. The van der Waals surface area contributed by atoms with E-state index in [9.17, 15) is 19.7 Å². The summed E-state index contributed by atoms with van der Waals surface area (Å²) in [5.41, 5.74) is 0.894. The van der Waals surface area contributed by atoms with Crippen LogP contribution in [-0.4, -0.2) is 47.4 Å². The second-order valence-electron chi connectivity index (χ2n) is 7.29. The Bertz CT molecular complexity index is 941. The number of hydrogen-bond donors (Lipinski definition) is 3. The third-order valence-corrected chi connectivity index (χ3v) is 5.38. The second kappa shape index (κ2) is 10.7. The number of nitro benzene ring substituents is 1. The quantitative estimate of drug-likeness (QED) is 0.442. The molecule has 0 aliphatic carbocycles. The van der Waals surface area contributed by atoms with Gasteiger partial charge >= 0.3 is 6.03 Å². The van der Waals surface area contributed by atoms with Crippen LogP contribution in [-0.2, 0) is 4.79 Å². The SMILES string of the molecule is O=C(CN1CCCCC1CNC(=O)Nc1ccccc1)Nc1ccc([N+](=O)[O-])cc1Cl. The molecule has 9 nitrogen and oxygen atoms in total. The van der Waals surface area contributed by atoms with Crippen molar-refractivity contribution in [1.29, 1.82) is 0 Å². The van der Waals surface area contributed by atoms with E-state index in [1.165, 1.54) is 18.2 Å². The molecule has 2 aromatic carbocycles. The van der Waals surface area contributed by atoms with Gasteiger partial charge < -0.3 is 16.0 Å². The molecule has 1 aliphatic heterocycles. The Morgan fingerprint density at radius 3 is 2.61 bits per heavy atom. The lowest BCUT2D eigenvalue weighted by Gasteiger charge is -2.35. The van der Waals surface area contributed by atoms with Gasteiger partial charge in [-0.25, -0.2) is 4.79 Å². The molecule has 3 amide bonds. The minimum absolute atomic E-state index is 0.0355. The van der Waals surface area contributed by atoms with Gasteiger partial charge in [-0.1, -0.05) is 36.2 Å². The molecule has 1 saturated heterocycles. The fourth-order valence-electron chi connectivity index (χ4n) is 3.50. The highest BCUT2D eigenvalue weighted by atomic mass is 35.5. The molecule has 3 rings (SSSR count). The van der Waals surface area contributed by atoms with Gasteiger partial charge in [0, 0.05) is 30.4 Å². The van der Waals surface area contributed by atoms with Crippen LogP contribution in [0.3, 0.4) is 0 Å². The Balaban J connectivity index is 1.52. The van der Waals surface area contributed by atoms with Gasteiger partial charge in [0.25, 0.3) is 5.69 Å². The van der Waals surface area contributed by atoms with E-state index < -0.39 is 4.92 Å². The number of hydrogen-bond acceptors (Lipinski definition) is 5. The van der Waals surface area contributed by atoms with Gasteiger partial charge in [0.05, 0.1) is 22.2 Å². The van der Waals surface area contributed by atoms with Crippen molar-refractivity contribution < 1.29 is 14.5 Å². The normalized spacial score (nSPS) is 16.4. The maximum absolute atomic E-state index is 12.5. The number of likely N-dealkylation sites (tertiary alicyclic amines) is 1. The summed E-state index contributed by atoms with van der Waals surface area (Å²) in [6.07, 6.45) is 2.87. The molecule has 1 atom stereocenters. The van der Waals surface area contributed by atoms with Gasteiger partial charge in [-0.05, 0) is 37.6 Å². The third-order valence-electron chi connectivity index (χ3n) is 5.06. The second-order valence-corrected chi connectivity index (χ2v) is 7.70. The highest BCUT2D eigenvalue weighted by Gasteiger charge is 2.25. The standard InChI is InChI=1S/C21H24ClN5O4/c22-18-12-16(27(30)31)9-10-19(18)25-20(28)14-26-11-5-4-8-17(26)13-23-21(29)24-15-6-2-1-3-7-15/h1-3,6-7,9-10,12,17H,4-5,8,11,13-14H2,(H,25,28)(H2,23,24,29). The zero-order chi connectivity index (χ0) is 22.2. The molecule has 3 N–H and O–H groups in total. The smallest absolute Gasteiger partial charge is 0.319 e. The number of nitro groups is 1. The summed E-state index contributed by atoms with van der Waals surface area (Å²) in [5, 5.41) is 19.3. The average Bonchev–Trinajstić information content (AvgIpc) is 2.75. The molecule has 1 heterocycles. The molecular weight excluding hydrogens is 422 g/mol. The van der Waals surface area contributed by atoms with E-state index in [0.29, 0.717) is 17.9 Å². The van der Waals surface area contributed by atoms with Crippen LogP contribution >= 0.6 is 11.6 Å². The van der Waals surface area contributed by atoms with Crippen molar-refractivity contribution in [2.45, 2.75) is 25.3 Å². The number of rotatable bonds is 7. The van der Waals surface area contributed by atoms with Crippen molar-refractivity contribution in [3.63, 3.8) is 0 Å². The molecule has 10 heteroatoms.